The lowest BCUT2D eigenvalue weighted by Gasteiger charge is -2.06. The standard InChI is InChI=1S/C8H8F3NO/c1-4-6(9)2-5(3-13)7(12-4)8(10)11/h2,8,13H,3H2,1H3. The van der Waals surface area contributed by atoms with Crippen molar-refractivity contribution in [2.24, 2.45) is 0 Å². The molecule has 13 heavy (non-hydrogen) atoms. The third-order valence-electron chi connectivity index (χ3n) is 1.64. The summed E-state index contributed by atoms with van der Waals surface area (Å²) in [6.07, 6.45) is -2.79. The zero-order valence-corrected chi connectivity index (χ0v) is 6.89. The van der Waals surface area contributed by atoms with E-state index < -0.39 is 24.5 Å². The van der Waals surface area contributed by atoms with Gasteiger partial charge in [0.15, 0.2) is 0 Å². The smallest absolute Gasteiger partial charge is 0.280 e. The van der Waals surface area contributed by atoms with Crippen LogP contribution in [0, 0.1) is 12.7 Å². The van der Waals surface area contributed by atoms with E-state index in [4.69, 9.17) is 5.11 Å². The van der Waals surface area contributed by atoms with Crippen LogP contribution in [0.15, 0.2) is 6.07 Å². The van der Waals surface area contributed by atoms with Crippen LogP contribution >= 0.6 is 0 Å². The van der Waals surface area contributed by atoms with Crippen LogP contribution in [0.4, 0.5) is 13.2 Å². The summed E-state index contributed by atoms with van der Waals surface area (Å²) >= 11 is 0. The van der Waals surface area contributed by atoms with Gasteiger partial charge in [-0.3, -0.25) is 0 Å². The number of hydrogen-bond donors (Lipinski definition) is 1. The molecule has 0 aromatic carbocycles. The van der Waals surface area contributed by atoms with Crippen molar-refractivity contribution in [3.63, 3.8) is 0 Å². The predicted molar refractivity (Wildman–Crippen MR) is 39.8 cm³/mol. The lowest BCUT2D eigenvalue weighted by molar-refractivity contribution is 0.141. The molecular formula is C8H8F3NO. The quantitative estimate of drug-likeness (QED) is 0.775. The van der Waals surface area contributed by atoms with Crippen LogP contribution in [0.2, 0.25) is 0 Å². The average molecular weight is 191 g/mol. The molecule has 5 heteroatoms. The monoisotopic (exact) mass is 191 g/mol. The Balaban J connectivity index is 3.25. The van der Waals surface area contributed by atoms with E-state index in [-0.39, 0.29) is 11.3 Å². The fourth-order valence-electron chi connectivity index (χ4n) is 0.953. The first-order valence-corrected chi connectivity index (χ1v) is 3.61. The number of pyridine rings is 1. The number of rotatable bonds is 2. The number of nitrogens with zero attached hydrogens (tertiary/aromatic N) is 1. The molecule has 0 aliphatic carbocycles. The second-order valence-corrected chi connectivity index (χ2v) is 2.56. The molecule has 0 fully saturated rings. The van der Waals surface area contributed by atoms with Crippen molar-refractivity contribution in [2.75, 3.05) is 0 Å². The van der Waals surface area contributed by atoms with Crippen molar-refractivity contribution in [3.8, 4) is 0 Å². The molecule has 0 radical (unpaired) electrons. The fourth-order valence-corrected chi connectivity index (χ4v) is 0.953. The van der Waals surface area contributed by atoms with Crippen LogP contribution in [0.5, 0.6) is 0 Å². The van der Waals surface area contributed by atoms with Crippen LogP contribution in [0.3, 0.4) is 0 Å². The molecule has 1 heterocycles. The molecule has 0 amide bonds. The van der Waals surface area contributed by atoms with Crippen LogP contribution < -0.4 is 0 Å². The van der Waals surface area contributed by atoms with Gasteiger partial charge >= 0.3 is 0 Å². The van der Waals surface area contributed by atoms with Gasteiger partial charge in [0.25, 0.3) is 6.43 Å². The second-order valence-electron chi connectivity index (χ2n) is 2.56. The van der Waals surface area contributed by atoms with E-state index in [1.54, 1.807) is 0 Å². The van der Waals surface area contributed by atoms with Gasteiger partial charge in [0.1, 0.15) is 11.5 Å². The molecule has 1 N–H and O–H groups in total. The summed E-state index contributed by atoms with van der Waals surface area (Å²) in [5.41, 5.74) is -0.813. The van der Waals surface area contributed by atoms with Gasteiger partial charge in [-0.2, -0.15) is 0 Å². The third-order valence-corrected chi connectivity index (χ3v) is 1.64. The first-order chi connectivity index (χ1) is 6.06. The maximum absolute atomic E-state index is 12.8. The molecule has 0 aliphatic rings. The Morgan fingerprint density at radius 2 is 2.15 bits per heavy atom. The molecule has 2 nitrogen and oxygen atoms in total. The van der Waals surface area contributed by atoms with Gasteiger partial charge in [-0.1, -0.05) is 0 Å². The normalized spacial score (nSPS) is 10.9. The number of aliphatic hydroxyl groups is 1. The maximum Gasteiger partial charge on any atom is 0.280 e. The number of aliphatic hydroxyl groups excluding tert-OH is 1. The summed E-state index contributed by atoms with van der Waals surface area (Å²) in [5.74, 6) is -0.687. The van der Waals surface area contributed by atoms with E-state index in [0.29, 0.717) is 0 Å². The molecule has 0 saturated heterocycles. The Morgan fingerprint density at radius 3 is 2.62 bits per heavy atom. The van der Waals surface area contributed by atoms with Crippen molar-refractivity contribution in [2.45, 2.75) is 20.0 Å². The highest BCUT2D eigenvalue weighted by Gasteiger charge is 2.16. The first kappa shape index (κ1) is 9.98. The highest BCUT2D eigenvalue weighted by molar-refractivity contribution is 5.24. The zero-order chi connectivity index (χ0) is 10.0. The van der Waals surface area contributed by atoms with Crippen LogP contribution in [-0.2, 0) is 6.61 Å². The van der Waals surface area contributed by atoms with Crippen molar-refractivity contribution < 1.29 is 18.3 Å². The van der Waals surface area contributed by atoms with E-state index in [0.717, 1.165) is 6.07 Å². The van der Waals surface area contributed by atoms with E-state index in [1.807, 2.05) is 0 Å². The van der Waals surface area contributed by atoms with Gasteiger partial charge in [0.2, 0.25) is 0 Å². The lowest BCUT2D eigenvalue weighted by Crippen LogP contribution is -2.02. The molecule has 1 rings (SSSR count). The van der Waals surface area contributed by atoms with E-state index in [1.165, 1.54) is 6.92 Å². The van der Waals surface area contributed by atoms with E-state index >= 15 is 0 Å². The summed E-state index contributed by atoms with van der Waals surface area (Å²) in [7, 11) is 0. The second kappa shape index (κ2) is 3.74. The summed E-state index contributed by atoms with van der Waals surface area (Å²) in [6.45, 7) is 0.659. The fraction of sp³-hybridized carbons (Fsp3) is 0.375. The van der Waals surface area contributed by atoms with Gasteiger partial charge in [0, 0.05) is 5.56 Å². The zero-order valence-electron chi connectivity index (χ0n) is 6.89. The van der Waals surface area contributed by atoms with Crippen LogP contribution in [0.1, 0.15) is 23.4 Å². The molecule has 0 aliphatic heterocycles. The van der Waals surface area contributed by atoms with Crippen molar-refractivity contribution in [1.82, 2.24) is 4.98 Å². The Hall–Kier alpha value is -1.10. The van der Waals surface area contributed by atoms with Gasteiger partial charge in [-0.25, -0.2) is 18.2 Å². The molecule has 0 bridgehead atoms. The number of aryl methyl sites for hydroxylation is 1. The molecule has 72 valence electrons. The molecule has 1 aromatic rings. The Labute approximate surface area is 73.0 Å². The number of aromatic nitrogens is 1. The minimum Gasteiger partial charge on any atom is -0.392 e. The van der Waals surface area contributed by atoms with Gasteiger partial charge in [-0.05, 0) is 13.0 Å². The topological polar surface area (TPSA) is 33.1 Å². The lowest BCUT2D eigenvalue weighted by atomic mass is 10.2. The molecular weight excluding hydrogens is 183 g/mol. The Bertz CT molecular complexity index is 315. The Morgan fingerprint density at radius 1 is 1.54 bits per heavy atom. The summed E-state index contributed by atoms with van der Waals surface area (Å²) in [4.78, 5) is 3.36. The van der Waals surface area contributed by atoms with E-state index in [2.05, 4.69) is 4.98 Å². The molecule has 0 saturated carbocycles. The summed E-state index contributed by atoms with van der Waals surface area (Å²) < 4.78 is 37.3. The number of hydrogen-bond acceptors (Lipinski definition) is 2. The van der Waals surface area contributed by atoms with Gasteiger partial charge in [0.05, 0.1) is 12.3 Å². The maximum atomic E-state index is 12.8. The Kier molecular flexibility index (Phi) is 2.87. The largest absolute Gasteiger partial charge is 0.392 e. The molecule has 0 atom stereocenters. The van der Waals surface area contributed by atoms with Crippen LogP contribution in [-0.4, -0.2) is 10.1 Å². The first-order valence-electron chi connectivity index (χ1n) is 3.61. The minimum atomic E-state index is -2.79. The highest BCUT2D eigenvalue weighted by Crippen LogP contribution is 2.22. The van der Waals surface area contributed by atoms with Crippen molar-refractivity contribution in [3.05, 3.63) is 28.8 Å². The SMILES string of the molecule is Cc1nc(C(F)F)c(CO)cc1F. The molecule has 0 unspecified atom stereocenters. The van der Waals surface area contributed by atoms with Gasteiger partial charge in [-0.15, -0.1) is 0 Å². The van der Waals surface area contributed by atoms with Gasteiger partial charge < -0.3 is 5.11 Å². The number of halogens is 3. The summed E-state index contributed by atoms with van der Waals surface area (Å²) in [6, 6.07) is 0.879. The van der Waals surface area contributed by atoms with E-state index in [9.17, 15) is 13.2 Å². The summed E-state index contributed by atoms with van der Waals surface area (Å²) in [5, 5.41) is 8.64. The number of alkyl halides is 2. The van der Waals surface area contributed by atoms with Crippen molar-refractivity contribution >= 4 is 0 Å². The minimum absolute atomic E-state index is 0.0903. The van der Waals surface area contributed by atoms with Crippen LogP contribution in [0.25, 0.3) is 0 Å². The average Bonchev–Trinajstić information content (AvgIpc) is 2.08. The van der Waals surface area contributed by atoms with Crippen molar-refractivity contribution in [1.29, 1.82) is 0 Å². The predicted octanol–water partition coefficient (Wildman–Crippen LogP) is 1.96. The molecule has 0 spiro atoms. The third kappa shape index (κ3) is 1.98. The highest BCUT2D eigenvalue weighted by atomic mass is 19.3. The molecule has 1 aromatic heterocycles.